The summed E-state index contributed by atoms with van der Waals surface area (Å²) in [6.07, 6.45) is -2.86. The van der Waals surface area contributed by atoms with Gasteiger partial charge in [0.05, 0.1) is 5.56 Å². The third kappa shape index (κ3) is 3.55. The highest BCUT2D eigenvalue weighted by Crippen LogP contribution is 2.37. The number of piperidine rings is 1. The Morgan fingerprint density at radius 1 is 0.957 bits per heavy atom. The van der Waals surface area contributed by atoms with E-state index in [1.165, 1.54) is 24.3 Å². The summed E-state index contributed by atoms with van der Waals surface area (Å²) >= 11 is 0. The highest BCUT2D eigenvalue weighted by atomic mass is 19.4. The van der Waals surface area contributed by atoms with Crippen LogP contribution in [0.1, 0.15) is 29.9 Å². The molecular formula is C18H17F4N. The van der Waals surface area contributed by atoms with E-state index in [9.17, 15) is 17.6 Å². The van der Waals surface area contributed by atoms with Crippen molar-refractivity contribution in [2.75, 3.05) is 13.1 Å². The minimum atomic E-state index is -4.44. The van der Waals surface area contributed by atoms with Gasteiger partial charge in [-0.3, -0.25) is 0 Å². The summed E-state index contributed by atoms with van der Waals surface area (Å²) in [5.41, 5.74) is 0.409. The van der Waals surface area contributed by atoms with Gasteiger partial charge in [0.15, 0.2) is 0 Å². The van der Waals surface area contributed by atoms with Crippen molar-refractivity contribution in [1.29, 1.82) is 0 Å². The largest absolute Gasteiger partial charge is 0.416 e. The summed E-state index contributed by atoms with van der Waals surface area (Å²) in [6.45, 7) is 1.58. The molecule has 1 heterocycles. The van der Waals surface area contributed by atoms with Gasteiger partial charge in [-0.2, -0.15) is 13.2 Å². The summed E-state index contributed by atoms with van der Waals surface area (Å²) in [5.74, 6) is -0.438. The molecule has 122 valence electrons. The Hall–Kier alpha value is -1.88. The first-order valence-corrected chi connectivity index (χ1v) is 7.63. The molecule has 0 unspecified atom stereocenters. The molecule has 5 heteroatoms. The molecule has 1 saturated heterocycles. The summed E-state index contributed by atoms with van der Waals surface area (Å²) in [7, 11) is 0. The zero-order valence-electron chi connectivity index (χ0n) is 12.5. The molecule has 1 aliphatic heterocycles. The van der Waals surface area contributed by atoms with E-state index in [-0.39, 0.29) is 17.0 Å². The first-order chi connectivity index (χ1) is 10.9. The SMILES string of the molecule is Fc1ccccc1-c1cc(C2CCNCC2)cc(C(F)(F)F)c1. The average Bonchev–Trinajstić information content (AvgIpc) is 2.55. The van der Waals surface area contributed by atoms with Gasteiger partial charge in [-0.1, -0.05) is 24.3 Å². The van der Waals surface area contributed by atoms with Gasteiger partial charge in [0.1, 0.15) is 5.82 Å². The second kappa shape index (κ2) is 6.32. The van der Waals surface area contributed by atoms with Crippen molar-refractivity contribution in [1.82, 2.24) is 5.32 Å². The smallest absolute Gasteiger partial charge is 0.317 e. The Bertz CT molecular complexity index is 688. The van der Waals surface area contributed by atoms with E-state index in [1.54, 1.807) is 12.1 Å². The molecule has 23 heavy (non-hydrogen) atoms. The maximum Gasteiger partial charge on any atom is 0.416 e. The van der Waals surface area contributed by atoms with Gasteiger partial charge in [-0.25, -0.2) is 4.39 Å². The highest BCUT2D eigenvalue weighted by Gasteiger charge is 2.32. The van der Waals surface area contributed by atoms with Gasteiger partial charge >= 0.3 is 6.18 Å². The van der Waals surface area contributed by atoms with Crippen LogP contribution in [0.3, 0.4) is 0 Å². The number of hydrogen-bond donors (Lipinski definition) is 1. The van der Waals surface area contributed by atoms with Gasteiger partial charge in [0.2, 0.25) is 0 Å². The summed E-state index contributed by atoms with van der Waals surface area (Å²) in [5, 5.41) is 3.20. The molecule has 2 aromatic rings. The van der Waals surface area contributed by atoms with Crippen LogP contribution in [0.4, 0.5) is 17.6 Å². The highest BCUT2D eigenvalue weighted by molar-refractivity contribution is 5.66. The van der Waals surface area contributed by atoms with Gasteiger partial charge < -0.3 is 5.32 Å². The molecule has 1 nitrogen and oxygen atoms in total. The summed E-state index contributed by atoms with van der Waals surface area (Å²) < 4.78 is 53.7. The molecule has 3 rings (SSSR count). The lowest BCUT2D eigenvalue weighted by Crippen LogP contribution is -2.26. The van der Waals surface area contributed by atoms with Crippen LogP contribution in [0.2, 0.25) is 0 Å². The molecule has 0 aliphatic carbocycles. The summed E-state index contributed by atoms with van der Waals surface area (Å²) in [4.78, 5) is 0. The number of hydrogen-bond acceptors (Lipinski definition) is 1. The normalized spacial score (nSPS) is 16.5. The minimum absolute atomic E-state index is 0.0732. The molecule has 1 aliphatic rings. The Labute approximate surface area is 132 Å². The van der Waals surface area contributed by atoms with E-state index < -0.39 is 17.6 Å². The lowest BCUT2D eigenvalue weighted by molar-refractivity contribution is -0.137. The van der Waals surface area contributed by atoms with E-state index in [4.69, 9.17) is 0 Å². The fourth-order valence-electron chi connectivity index (χ4n) is 3.06. The van der Waals surface area contributed by atoms with Crippen LogP contribution in [0, 0.1) is 5.82 Å². The minimum Gasteiger partial charge on any atom is -0.317 e. The lowest BCUT2D eigenvalue weighted by atomic mass is 9.87. The van der Waals surface area contributed by atoms with Crippen LogP contribution in [0.5, 0.6) is 0 Å². The first-order valence-electron chi connectivity index (χ1n) is 7.63. The molecule has 0 aromatic heterocycles. The second-order valence-electron chi connectivity index (χ2n) is 5.85. The summed E-state index contributed by atoms with van der Waals surface area (Å²) in [6, 6.07) is 9.87. The van der Waals surface area contributed by atoms with Crippen molar-refractivity contribution in [3.8, 4) is 11.1 Å². The number of alkyl halides is 3. The van der Waals surface area contributed by atoms with Crippen molar-refractivity contribution >= 4 is 0 Å². The first kappa shape index (κ1) is 16.0. The van der Waals surface area contributed by atoms with Crippen LogP contribution in [-0.4, -0.2) is 13.1 Å². The molecule has 0 amide bonds. The van der Waals surface area contributed by atoms with Crippen LogP contribution in [0.25, 0.3) is 11.1 Å². The van der Waals surface area contributed by atoms with Crippen LogP contribution in [-0.2, 0) is 6.18 Å². The third-order valence-electron chi connectivity index (χ3n) is 4.28. The van der Waals surface area contributed by atoms with E-state index in [2.05, 4.69) is 5.32 Å². The predicted octanol–water partition coefficient (Wildman–Crippen LogP) is 4.98. The number of halogens is 4. The van der Waals surface area contributed by atoms with Gasteiger partial charge in [0, 0.05) is 5.56 Å². The molecular weight excluding hydrogens is 306 g/mol. The molecule has 0 bridgehead atoms. The fourth-order valence-corrected chi connectivity index (χ4v) is 3.06. The topological polar surface area (TPSA) is 12.0 Å². The maximum absolute atomic E-state index is 14.0. The maximum atomic E-state index is 14.0. The van der Waals surface area contributed by atoms with Crippen LogP contribution >= 0.6 is 0 Å². The molecule has 0 radical (unpaired) electrons. The van der Waals surface area contributed by atoms with Crippen molar-refractivity contribution in [2.24, 2.45) is 0 Å². The molecule has 1 N–H and O–H groups in total. The fraction of sp³-hybridized carbons (Fsp3) is 0.333. The predicted molar refractivity (Wildman–Crippen MR) is 81.7 cm³/mol. The van der Waals surface area contributed by atoms with Gasteiger partial charge in [-0.05, 0) is 61.2 Å². The number of benzene rings is 2. The quantitative estimate of drug-likeness (QED) is 0.769. The van der Waals surface area contributed by atoms with E-state index in [1.807, 2.05) is 0 Å². The molecule has 0 saturated carbocycles. The monoisotopic (exact) mass is 323 g/mol. The number of nitrogens with one attached hydrogen (secondary N) is 1. The van der Waals surface area contributed by atoms with Crippen molar-refractivity contribution in [2.45, 2.75) is 24.9 Å². The average molecular weight is 323 g/mol. The van der Waals surface area contributed by atoms with E-state index in [0.29, 0.717) is 5.56 Å². The van der Waals surface area contributed by atoms with Crippen LogP contribution in [0.15, 0.2) is 42.5 Å². The third-order valence-corrected chi connectivity index (χ3v) is 4.28. The Morgan fingerprint density at radius 2 is 1.65 bits per heavy atom. The molecule has 0 spiro atoms. The Morgan fingerprint density at radius 3 is 2.30 bits per heavy atom. The lowest BCUT2D eigenvalue weighted by Gasteiger charge is -2.24. The second-order valence-corrected chi connectivity index (χ2v) is 5.85. The zero-order valence-corrected chi connectivity index (χ0v) is 12.5. The van der Waals surface area contributed by atoms with Gasteiger partial charge in [0.25, 0.3) is 0 Å². The van der Waals surface area contributed by atoms with Gasteiger partial charge in [-0.15, -0.1) is 0 Å². The molecule has 0 atom stereocenters. The van der Waals surface area contributed by atoms with E-state index >= 15 is 0 Å². The van der Waals surface area contributed by atoms with Crippen molar-refractivity contribution in [3.05, 3.63) is 59.4 Å². The van der Waals surface area contributed by atoms with Crippen molar-refractivity contribution in [3.63, 3.8) is 0 Å². The van der Waals surface area contributed by atoms with Crippen LogP contribution < -0.4 is 5.32 Å². The van der Waals surface area contributed by atoms with E-state index in [0.717, 1.165) is 32.0 Å². The Kier molecular flexibility index (Phi) is 4.39. The standard InChI is InChI=1S/C18H17F4N/c19-17-4-2-1-3-16(17)14-9-13(12-5-7-23-8-6-12)10-15(11-14)18(20,21)22/h1-4,9-12,23H,5-8H2. The Balaban J connectivity index is 2.10. The van der Waals surface area contributed by atoms with Crippen molar-refractivity contribution < 1.29 is 17.6 Å². The molecule has 2 aromatic carbocycles. The molecule has 1 fully saturated rings. The number of rotatable bonds is 2. The zero-order chi connectivity index (χ0) is 16.4.